The van der Waals surface area contributed by atoms with Crippen LogP contribution in [0.2, 0.25) is 5.02 Å². The van der Waals surface area contributed by atoms with E-state index in [-0.39, 0.29) is 5.91 Å². The molecular formula is C19H16ClN3O3. The van der Waals surface area contributed by atoms with E-state index in [1.165, 1.54) is 12.3 Å². The second kappa shape index (κ2) is 8.22. The molecule has 0 unspecified atom stereocenters. The summed E-state index contributed by atoms with van der Waals surface area (Å²) < 4.78 is 4.94. The molecule has 0 radical (unpaired) electrons. The van der Waals surface area contributed by atoms with Crippen LogP contribution in [0.5, 0.6) is 0 Å². The Hall–Kier alpha value is -3.25. The smallest absolute Gasteiger partial charge is 0.319 e. The molecule has 2 aromatic carbocycles. The SMILES string of the molecule is O=C(NCc1ccoc1)Nc1cc(C(=O)Nc2ccccc2)ccc1Cl. The van der Waals surface area contributed by atoms with Crippen molar-refractivity contribution in [2.75, 3.05) is 10.6 Å². The van der Waals surface area contributed by atoms with Crippen molar-refractivity contribution in [1.82, 2.24) is 5.32 Å². The van der Waals surface area contributed by atoms with Gasteiger partial charge in [0.25, 0.3) is 5.91 Å². The van der Waals surface area contributed by atoms with Gasteiger partial charge in [0.2, 0.25) is 0 Å². The lowest BCUT2D eigenvalue weighted by Crippen LogP contribution is -2.28. The Balaban J connectivity index is 1.65. The van der Waals surface area contributed by atoms with Crippen LogP contribution in [0.3, 0.4) is 0 Å². The molecule has 132 valence electrons. The number of hydrogen-bond donors (Lipinski definition) is 3. The minimum absolute atomic E-state index is 0.297. The van der Waals surface area contributed by atoms with E-state index in [0.717, 1.165) is 5.56 Å². The van der Waals surface area contributed by atoms with Crippen LogP contribution in [0.1, 0.15) is 15.9 Å². The standard InChI is InChI=1S/C19H16ClN3O3/c20-16-7-6-14(18(24)22-15-4-2-1-3-5-15)10-17(16)23-19(25)21-11-13-8-9-26-12-13/h1-10,12H,11H2,(H,22,24)(H2,21,23,25). The van der Waals surface area contributed by atoms with Crippen LogP contribution >= 0.6 is 11.6 Å². The molecule has 6 nitrogen and oxygen atoms in total. The Morgan fingerprint density at radius 3 is 2.54 bits per heavy atom. The van der Waals surface area contributed by atoms with Gasteiger partial charge in [-0.15, -0.1) is 0 Å². The maximum atomic E-state index is 12.4. The third-order valence-corrected chi connectivity index (χ3v) is 3.87. The number of amides is 3. The van der Waals surface area contributed by atoms with Crippen molar-refractivity contribution < 1.29 is 14.0 Å². The fourth-order valence-electron chi connectivity index (χ4n) is 2.23. The molecule has 0 aliphatic rings. The van der Waals surface area contributed by atoms with E-state index in [4.69, 9.17) is 16.0 Å². The molecule has 0 atom stereocenters. The van der Waals surface area contributed by atoms with Crippen molar-refractivity contribution in [1.29, 1.82) is 0 Å². The van der Waals surface area contributed by atoms with E-state index in [1.54, 1.807) is 36.6 Å². The highest BCUT2D eigenvalue weighted by atomic mass is 35.5. The van der Waals surface area contributed by atoms with Gasteiger partial charge in [-0.25, -0.2) is 4.79 Å². The molecule has 0 saturated carbocycles. The summed E-state index contributed by atoms with van der Waals surface area (Å²) >= 11 is 6.12. The topological polar surface area (TPSA) is 83.4 Å². The molecule has 0 spiro atoms. The molecule has 1 heterocycles. The average Bonchev–Trinajstić information content (AvgIpc) is 3.16. The van der Waals surface area contributed by atoms with Crippen LogP contribution in [-0.4, -0.2) is 11.9 Å². The van der Waals surface area contributed by atoms with Gasteiger partial charge in [-0.1, -0.05) is 29.8 Å². The average molecular weight is 370 g/mol. The number of nitrogens with one attached hydrogen (secondary N) is 3. The highest BCUT2D eigenvalue weighted by Gasteiger charge is 2.11. The van der Waals surface area contributed by atoms with Gasteiger partial charge in [-0.05, 0) is 36.4 Å². The van der Waals surface area contributed by atoms with Gasteiger partial charge in [0.15, 0.2) is 0 Å². The number of anilines is 2. The molecular weight excluding hydrogens is 354 g/mol. The number of para-hydroxylation sites is 1. The van der Waals surface area contributed by atoms with Gasteiger partial charge in [-0.3, -0.25) is 4.79 Å². The van der Waals surface area contributed by atoms with Crippen LogP contribution in [0.25, 0.3) is 0 Å². The predicted molar refractivity (Wildman–Crippen MR) is 100 cm³/mol. The van der Waals surface area contributed by atoms with Gasteiger partial charge in [0.1, 0.15) is 0 Å². The number of halogens is 1. The number of carbonyl (C=O) groups excluding carboxylic acids is 2. The van der Waals surface area contributed by atoms with Crippen LogP contribution in [0.15, 0.2) is 71.5 Å². The van der Waals surface area contributed by atoms with Crippen molar-refractivity contribution in [3.63, 3.8) is 0 Å². The first-order valence-electron chi connectivity index (χ1n) is 7.84. The van der Waals surface area contributed by atoms with Gasteiger partial charge >= 0.3 is 6.03 Å². The monoisotopic (exact) mass is 369 g/mol. The minimum atomic E-state index is -0.436. The second-order valence-electron chi connectivity index (χ2n) is 5.45. The summed E-state index contributed by atoms with van der Waals surface area (Å²) in [5.41, 5.74) is 2.24. The lowest BCUT2D eigenvalue weighted by atomic mass is 10.2. The van der Waals surface area contributed by atoms with Crippen molar-refractivity contribution in [2.45, 2.75) is 6.54 Å². The van der Waals surface area contributed by atoms with Crippen molar-refractivity contribution in [2.24, 2.45) is 0 Å². The molecule has 3 amide bonds. The molecule has 1 aromatic heterocycles. The molecule has 0 aliphatic carbocycles. The summed E-state index contributed by atoms with van der Waals surface area (Å²) in [4.78, 5) is 24.4. The zero-order chi connectivity index (χ0) is 18.4. The number of urea groups is 1. The quantitative estimate of drug-likeness (QED) is 0.618. The summed E-state index contributed by atoms with van der Waals surface area (Å²) in [5, 5.41) is 8.43. The van der Waals surface area contributed by atoms with Gasteiger partial charge in [-0.2, -0.15) is 0 Å². The molecule has 0 bridgehead atoms. The summed E-state index contributed by atoms with van der Waals surface area (Å²) in [6.45, 7) is 0.314. The predicted octanol–water partition coefficient (Wildman–Crippen LogP) is 4.51. The number of benzene rings is 2. The zero-order valence-electron chi connectivity index (χ0n) is 13.7. The largest absolute Gasteiger partial charge is 0.472 e. The van der Waals surface area contributed by atoms with Gasteiger partial charge in [0.05, 0.1) is 23.2 Å². The Kier molecular flexibility index (Phi) is 5.56. The first kappa shape index (κ1) is 17.6. The highest BCUT2D eigenvalue weighted by molar-refractivity contribution is 6.34. The maximum Gasteiger partial charge on any atom is 0.319 e. The Bertz CT molecular complexity index is 896. The Morgan fingerprint density at radius 2 is 1.81 bits per heavy atom. The van der Waals surface area contributed by atoms with E-state index in [2.05, 4.69) is 16.0 Å². The summed E-state index contributed by atoms with van der Waals surface area (Å²) in [5.74, 6) is -0.297. The number of furan rings is 1. The van der Waals surface area contributed by atoms with E-state index >= 15 is 0 Å². The fraction of sp³-hybridized carbons (Fsp3) is 0.0526. The Morgan fingerprint density at radius 1 is 1.00 bits per heavy atom. The zero-order valence-corrected chi connectivity index (χ0v) is 14.4. The second-order valence-corrected chi connectivity index (χ2v) is 5.86. The van der Waals surface area contributed by atoms with Crippen LogP contribution in [0.4, 0.5) is 16.2 Å². The number of rotatable bonds is 5. The third-order valence-electron chi connectivity index (χ3n) is 3.54. The van der Waals surface area contributed by atoms with Crippen LogP contribution < -0.4 is 16.0 Å². The van der Waals surface area contributed by atoms with Crippen molar-refractivity contribution in [3.05, 3.63) is 83.3 Å². The molecule has 3 N–H and O–H groups in total. The normalized spacial score (nSPS) is 10.2. The van der Waals surface area contributed by atoms with Crippen LogP contribution in [0, 0.1) is 0 Å². The van der Waals surface area contributed by atoms with E-state index in [1.807, 2.05) is 18.2 Å². The summed E-state index contributed by atoms with van der Waals surface area (Å²) in [6.07, 6.45) is 3.07. The first-order valence-corrected chi connectivity index (χ1v) is 8.21. The molecule has 26 heavy (non-hydrogen) atoms. The number of hydrogen-bond acceptors (Lipinski definition) is 3. The molecule has 0 aliphatic heterocycles. The molecule has 3 rings (SSSR count). The molecule has 7 heteroatoms. The van der Waals surface area contributed by atoms with E-state index < -0.39 is 6.03 Å². The molecule has 0 saturated heterocycles. The highest BCUT2D eigenvalue weighted by Crippen LogP contribution is 2.23. The Labute approximate surface area is 155 Å². The lowest BCUT2D eigenvalue weighted by Gasteiger charge is -2.11. The van der Waals surface area contributed by atoms with Crippen LogP contribution in [-0.2, 0) is 6.54 Å². The molecule has 3 aromatic rings. The van der Waals surface area contributed by atoms with Gasteiger partial charge in [0, 0.05) is 23.4 Å². The summed E-state index contributed by atoms with van der Waals surface area (Å²) in [6, 6.07) is 15.1. The van der Waals surface area contributed by atoms with E-state index in [9.17, 15) is 9.59 Å². The van der Waals surface area contributed by atoms with Crippen molar-refractivity contribution in [3.8, 4) is 0 Å². The van der Waals surface area contributed by atoms with Crippen molar-refractivity contribution >= 4 is 34.9 Å². The third kappa shape index (κ3) is 4.64. The fourth-order valence-corrected chi connectivity index (χ4v) is 2.39. The lowest BCUT2D eigenvalue weighted by molar-refractivity contribution is 0.102. The van der Waals surface area contributed by atoms with Gasteiger partial charge < -0.3 is 20.4 Å². The first-order chi connectivity index (χ1) is 12.6. The molecule has 0 fully saturated rings. The minimum Gasteiger partial charge on any atom is -0.472 e. The summed E-state index contributed by atoms with van der Waals surface area (Å²) in [7, 11) is 0. The van der Waals surface area contributed by atoms with E-state index in [0.29, 0.717) is 28.5 Å². The maximum absolute atomic E-state index is 12.4. The number of carbonyl (C=O) groups is 2.